The fraction of sp³-hybridized carbons (Fsp3) is 0.300. The number of pyridine rings is 1. The molecule has 0 saturated carbocycles. The molecule has 0 atom stereocenters. The molecule has 138 valence electrons. The van der Waals surface area contributed by atoms with Gasteiger partial charge in [0.15, 0.2) is 0 Å². The minimum atomic E-state index is 0.357. The second-order valence-corrected chi connectivity index (χ2v) is 7.47. The Bertz CT molecular complexity index is 831. The fourth-order valence-electron chi connectivity index (χ4n) is 2.53. The predicted octanol–water partition coefficient (Wildman–Crippen LogP) is 5.14. The fourth-order valence-corrected chi connectivity index (χ4v) is 4.04. The Balaban J connectivity index is 0.00000117. The van der Waals surface area contributed by atoms with Crippen LogP contribution >= 0.6 is 23.4 Å². The number of nitrogens with zero attached hydrogens (tertiary/aromatic N) is 3. The molecule has 1 aromatic carbocycles. The Labute approximate surface area is 164 Å². The number of aryl methyl sites for hydroxylation is 1. The smallest absolute Gasteiger partial charge is 0.107 e. The van der Waals surface area contributed by atoms with Gasteiger partial charge in [0.2, 0.25) is 0 Å². The van der Waals surface area contributed by atoms with E-state index >= 15 is 0 Å². The average Bonchev–Trinajstić information content (AvgIpc) is 2.94. The van der Waals surface area contributed by atoms with E-state index in [9.17, 15) is 0 Å². The second kappa shape index (κ2) is 9.76. The minimum Gasteiger partial charge on any atom is -0.333 e. The molecule has 0 radical (unpaired) electrons. The van der Waals surface area contributed by atoms with Gasteiger partial charge >= 0.3 is 0 Å². The molecule has 4 nitrogen and oxygen atoms in total. The van der Waals surface area contributed by atoms with E-state index in [0.29, 0.717) is 5.92 Å². The number of rotatable bonds is 5. The van der Waals surface area contributed by atoms with Gasteiger partial charge in [0.05, 0.1) is 17.9 Å². The average molecular weight is 389 g/mol. The molecule has 2 aromatic heterocycles. The highest BCUT2D eigenvalue weighted by molar-refractivity contribution is 7.99. The van der Waals surface area contributed by atoms with E-state index in [1.807, 2.05) is 42.6 Å². The standard InChI is InChI=1S/C19H20ClN3S.CH5N/c1-13(2)18-19(24-17-9-6-7-15(20)11-17)23(14(3)22-18)12-16-8-4-5-10-21-16;1-2/h4-11,13H,12H2,1-3H3;2H2,1H3. The lowest BCUT2D eigenvalue weighted by atomic mass is 10.1. The number of aromatic nitrogens is 3. The Morgan fingerprint density at radius 3 is 2.54 bits per heavy atom. The predicted molar refractivity (Wildman–Crippen MR) is 110 cm³/mol. The summed E-state index contributed by atoms with van der Waals surface area (Å²) in [5, 5.41) is 1.91. The summed E-state index contributed by atoms with van der Waals surface area (Å²) in [7, 11) is 1.50. The molecule has 0 aliphatic rings. The molecule has 6 heteroatoms. The Hall–Kier alpha value is -1.82. The van der Waals surface area contributed by atoms with Crippen LogP contribution in [0.2, 0.25) is 5.02 Å². The van der Waals surface area contributed by atoms with Gasteiger partial charge in [-0.15, -0.1) is 0 Å². The third-order valence-corrected chi connectivity index (χ3v) is 5.09. The monoisotopic (exact) mass is 388 g/mol. The van der Waals surface area contributed by atoms with Gasteiger partial charge in [0.1, 0.15) is 10.9 Å². The summed E-state index contributed by atoms with van der Waals surface area (Å²) in [5.74, 6) is 1.37. The van der Waals surface area contributed by atoms with E-state index < -0.39 is 0 Å². The van der Waals surface area contributed by atoms with Gasteiger partial charge in [-0.3, -0.25) is 4.98 Å². The number of benzene rings is 1. The zero-order valence-electron chi connectivity index (χ0n) is 15.6. The topological polar surface area (TPSA) is 56.7 Å². The van der Waals surface area contributed by atoms with Crippen molar-refractivity contribution in [3.8, 4) is 0 Å². The van der Waals surface area contributed by atoms with E-state index in [1.54, 1.807) is 11.8 Å². The molecular weight excluding hydrogens is 364 g/mol. The van der Waals surface area contributed by atoms with Crippen molar-refractivity contribution in [3.05, 3.63) is 70.9 Å². The number of halogens is 1. The Kier molecular flexibility index (Phi) is 7.69. The highest BCUT2D eigenvalue weighted by atomic mass is 35.5. The van der Waals surface area contributed by atoms with Gasteiger partial charge in [-0.05, 0) is 50.2 Å². The van der Waals surface area contributed by atoms with E-state index in [0.717, 1.165) is 38.7 Å². The van der Waals surface area contributed by atoms with E-state index in [1.165, 1.54) is 7.05 Å². The molecule has 0 saturated heterocycles. The van der Waals surface area contributed by atoms with Gasteiger partial charge in [0.25, 0.3) is 0 Å². The number of hydrogen-bond acceptors (Lipinski definition) is 4. The second-order valence-electron chi connectivity index (χ2n) is 5.97. The number of nitrogens with two attached hydrogens (primary N) is 1. The summed E-state index contributed by atoms with van der Waals surface area (Å²) in [4.78, 5) is 10.4. The SMILES string of the molecule is CN.Cc1nc(C(C)C)c(Sc2cccc(Cl)c2)n1Cc1ccccn1. The first-order valence-corrected chi connectivity index (χ1v) is 9.72. The maximum absolute atomic E-state index is 6.14. The van der Waals surface area contributed by atoms with Crippen molar-refractivity contribution in [2.45, 2.75) is 43.2 Å². The van der Waals surface area contributed by atoms with Crippen molar-refractivity contribution in [2.24, 2.45) is 5.73 Å². The summed E-state index contributed by atoms with van der Waals surface area (Å²) in [6, 6.07) is 13.9. The van der Waals surface area contributed by atoms with Crippen LogP contribution in [0.5, 0.6) is 0 Å². The third kappa shape index (κ3) is 5.10. The van der Waals surface area contributed by atoms with Crippen molar-refractivity contribution in [1.82, 2.24) is 14.5 Å². The molecule has 0 aliphatic heterocycles. The molecule has 0 amide bonds. The zero-order chi connectivity index (χ0) is 19.1. The summed E-state index contributed by atoms with van der Waals surface area (Å²) < 4.78 is 2.24. The quantitative estimate of drug-likeness (QED) is 0.657. The molecule has 2 heterocycles. The van der Waals surface area contributed by atoms with Crippen LogP contribution < -0.4 is 5.73 Å². The molecular formula is C20H25ClN4S. The first-order chi connectivity index (χ1) is 12.5. The maximum Gasteiger partial charge on any atom is 0.107 e. The van der Waals surface area contributed by atoms with Crippen LogP contribution in [0, 0.1) is 6.92 Å². The molecule has 0 aliphatic carbocycles. The van der Waals surface area contributed by atoms with Crippen LogP contribution in [0.1, 0.15) is 37.0 Å². The summed E-state index contributed by atoms with van der Waals surface area (Å²) in [6.07, 6.45) is 1.83. The highest BCUT2D eigenvalue weighted by Crippen LogP contribution is 2.35. The van der Waals surface area contributed by atoms with Crippen molar-refractivity contribution >= 4 is 23.4 Å². The van der Waals surface area contributed by atoms with Gasteiger partial charge < -0.3 is 10.3 Å². The van der Waals surface area contributed by atoms with Crippen LogP contribution in [0.15, 0.2) is 58.6 Å². The lowest BCUT2D eigenvalue weighted by molar-refractivity contribution is 0.676. The third-order valence-electron chi connectivity index (χ3n) is 3.74. The van der Waals surface area contributed by atoms with Crippen LogP contribution in [-0.2, 0) is 6.54 Å². The first kappa shape index (κ1) is 20.5. The van der Waals surface area contributed by atoms with Crippen LogP contribution in [0.3, 0.4) is 0 Å². The largest absolute Gasteiger partial charge is 0.333 e. The normalized spacial score (nSPS) is 10.6. The molecule has 3 aromatic rings. The summed E-state index contributed by atoms with van der Waals surface area (Å²) >= 11 is 7.85. The Morgan fingerprint density at radius 2 is 1.92 bits per heavy atom. The molecule has 0 unspecified atom stereocenters. The van der Waals surface area contributed by atoms with Crippen molar-refractivity contribution in [3.63, 3.8) is 0 Å². The highest BCUT2D eigenvalue weighted by Gasteiger charge is 2.19. The van der Waals surface area contributed by atoms with Crippen molar-refractivity contribution in [1.29, 1.82) is 0 Å². The van der Waals surface area contributed by atoms with E-state index in [-0.39, 0.29) is 0 Å². The molecule has 26 heavy (non-hydrogen) atoms. The zero-order valence-corrected chi connectivity index (χ0v) is 17.2. The lowest BCUT2D eigenvalue weighted by Crippen LogP contribution is -2.05. The molecule has 0 spiro atoms. The van der Waals surface area contributed by atoms with Gasteiger partial charge in [-0.1, -0.05) is 49.3 Å². The lowest BCUT2D eigenvalue weighted by Gasteiger charge is -2.12. The van der Waals surface area contributed by atoms with Crippen LogP contribution in [0.25, 0.3) is 0 Å². The van der Waals surface area contributed by atoms with Gasteiger partial charge in [-0.2, -0.15) is 0 Å². The van der Waals surface area contributed by atoms with Gasteiger partial charge in [-0.25, -0.2) is 4.98 Å². The molecule has 0 bridgehead atoms. The van der Waals surface area contributed by atoms with Gasteiger partial charge in [0, 0.05) is 16.1 Å². The Morgan fingerprint density at radius 1 is 1.15 bits per heavy atom. The summed E-state index contributed by atoms with van der Waals surface area (Å²) in [6.45, 7) is 7.12. The molecule has 2 N–H and O–H groups in total. The maximum atomic E-state index is 6.14. The molecule has 3 rings (SSSR count). The van der Waals surface area contributed by atoms with Crippen molar-refractivity contribution < 1.29 is 0 Å². The van der Waals surface area contributed by atoms with E-state index in [2.05, 4.69) is 42.1 Å². The number of imidazole rings is 1. The van der Waals surface area contributed by atoms with Crippen LogP contribution in [-0.4, -0.2) is 21.6 Å². The minimum absolute atomic E-state index is 0.357. The van der Waals surface area contributed by atoms with E-state index in [4.69, 9.17) is 16.6 Å². The van der Waals surface area contributed by atoms with Crippen LogP contribution in [0.4, 0.5) is 0 Å². The number of hydrogen-bond donors (Lipinski definition) is 1. The first-order valence-electron chi connectivity index (χ1n) is 8.52. The summed E-state index contributed by atoms with van der Waals surface area (Å²) in [5.41, 5.74) is 6.65. The molecule has 0 fully saturated rings. The van der Waals surface area contributed by atoms with Crippen molar-refractivity contribution in [2.75, 3.05) is 7.05 Å².